The molecule has 2 heterocycles. The second kappa shape index (κ2) is 9.49. The summed E-state index contributed by atoms with van der Waals surface area (Å²) in [6.07, 6.45) is 2.00. The van der Waals surface area contributed by atoms with E-state index in [0.29, 0.717) is 40.3 Å². The highest BCUT2D eigenvalue weighted by molar-refractivity contribution is 6.40. The molecule has 174 valence electrons. The topological polar surface area (TPSA) is 61.4 Å². The molecule has 2 aliphatic heterocycles. The first-order chi connectivity index (χ1) is 16.4. The summed E-state index contributed by atoms with van der Waals surface area (Å²) in [5.74, 6) is 0.217. The van der Waals surface area contributed by atoms with Crippen LogP contribution in [0.4, 0.5) is 16.2 Å². The van der Waals surface area contributed by atoms with E-state index in [4.69, 9.17) is 34.8 Å². The van der Waals surface area contributed by atoms with Crippen molar-refractivity contribution in [1.29, 1.82) is 0 Å². The Labute approximate surface area is 213 Å². The highest BCUT2D eigenvalue weighted by Gasteiger charge is 2.32. The van der Waals surface area contributed by atoms with Gasteiger partial charge in [-0.15, -0.1) is 0 Å². The summed E-state index contributed by atoms with van der Waals surface area (Å²) < 4.78 is 0. The van der Waals surface area contributed by atoms with Gasteiger partial charge in [-0.2, -0.15) is 0 Å². The molecule has 1 unspecified atom stereocenters. The van der Waals surface area contributed by atoms with Crippen LogP contribution < -0.4 is 15.5 Å². The summed E-state index contributed by atoms with van der Waals surface area (Å²) in [6.45, 7) is 0.959. The van der Waals surface area contributed by atoms with Gasteiger partial charge in [0.1, 0.15) is 0 Å². The fourth-order valence-corrected chi connectivity index (χ4v) is 5.56. The highest BCUT2D eigenvalue weighted by atomic mass is 35.5. The van der Waals surface area contributed by atoms with Gasteiger partial charge in [0.2, 0.25) is 5.91 Å². The van der Waals surface area contributed by atoms with Crippen molar-refractivity contribution in [3.05, 3.63) is 80.8 Å². The summed E-state index contributed by atoms with van der Waals surface area (Å²) in [6, 6.07) is 16.7. The van der Waals surface area contributed by atoms with Crippen LogP contribution in [0.25, 0.3) is 11.1 Å². The van der Waals surface area contributed by atoms with E-state index in [1.54, 1.807) is 23.1 Å². The van der Waals surface area contributed by atoms with E-state index in [1.807, 2.05) is 30.3 Å². The van der Waals surface area contributed by atoms with Crippen molar-refractivity contribution in [3.63, 3.8) is 0 Å². The summed E-state index contributed by atoms with van der Waals surface area (Å²) in [4.78, 5) is 26.7. The van der Waals surface area contributed by atoms with Crippen molar-refractivity contribution in [2.75, 3.05) is 11.4 Å². The second-order valence-corrected chi connectivity index (χ2v) is 9.71. The second-order valence-electron chi connectivity index (χ2n) is 8.48. The molecule has 2 aliphatic rings. The number of nitrogens with one attached hydrogen (secondary N) is 2. The van der Waals surface area contributed by atoms with Crippen LogP contribution >= 0.6 is 34.8 Å². The normalized spacial score (nSPS) is 18.1. The Morgan fingerprint density at radius 2 is 1.56 bits per heavy atom. The molecule has 0 aliphatic carbocycles. The molecule has 1 saturated heterocycles. The largest absolute Gasteiger partial charge is 0.356 e. The van der Waals surface area contributed by atoms with Gasteiger partial charge in [-0.05, 0) is 54.2 Å². The lowest BCUT2D eigenvalue weighted by molar-refractivity contribution is -0.120. The molecule has 3 aromatic rings. The molecule has 1 fully saturated rings. The number of anilines is 2. The quantitative estimate of drug-likeness (QED) is 0.393. The van der Waals surface area contributed by atoms with E-state index in [-0.39, 0.29) is 17.9 Å². The van der Waals surface area contributed by atoms with Crippen molar-refractivity contribution in [2.24, 2.45) is 0 Å². The lowest BCUT2D eigenvalue weighted by atomic mass is 9.86. The number of rotatable bonds is 3. The predicted octanol–water partition coefficient (Wildman–Crippen LogP) is 7.06. The number of amides is 3. The van der Waals surface area contributed by atoms with Gasteiger partial charge < -0.3 is 10.6 Å². The Bertz CT molecular complexity index is 1270. The van der Waals surface area contributed by atoms with E-state index >= 15 is 0 Å². The Morgan fingerprint density at radius 1 is 0.824 bits per heavy atom. The lowest BCUT2D eigenvalue weighted by Gasteiger charge is -2.34. The van der Waals surface area contributed by atoms with E-state index in [0.717, 1.165) is 40.8 Å². The average Bonchev–Trinajstić information content (AvgIpc) is 3.04. The van der Waals surface area contributed by atoms with Crippen molar-refractivity contribution in [1.82, 2.24) is 10.6 Å². The molecule has 2 N–H and O–H groups in total. The first-order valence-electron chi connectivity index (χ1n) is 11.1. The maximum atomic E-state index is 13.2. The van der Waals surface area contributed by atoms with Gasteiger partial charge in [0, 0.05) is 35.7 Å². The zero-order valence-corrected chi connectivity index (χ0v) is 20.5. The Kier molecular flexibility index (Phi) is 6.43. The molecule has 1 atom stereocenters. The minimum absolute atomic E-state index is 0.0654. The number of carbonyl (C=O) groups is 2. The number of para-hydroxylation sites is 1. The molecule has 3 amide bonds. The summed E-state index contributed by atoms with van der Waals surface area (Å²) in [7, 11) is 0. The molecule has 0 saturated carbocycles. The first kappa shape index (κ1) is 23.0. The minimum Gasteiger partial charge on any atom is -0.356 e. The third-order valence-electron chi connectivity index (χ3n) is 6.44. The van der Waals surface area contributed by atoms with Gasteiger partial charge in [0.05, 0.1) is 21.4 Å². The van der Waals surface area contributed by atoms with Crippen molar-refractivity contribution in [2.45, 2.75) is 31.7 Å². The molecule has 0 radical (unpaired) electrons. The number of benzene rings is 3. The highest BCUT2D eigenvalue weighted by Crippen LogP contribution is 2.46. The molecule has 34 heavy (non-hydrogen) atoms. The number of hydrogen-bond acceptors (Lipinski definition) is 2. The average molecular weight is 515 g/mol. The van der Waals surface area contributed by atoms with E-state index in [2.05, 4.69) is 16.7 Å². The maximum Gasteiger partial charge on any atom is 0.326 e. The standard InChI is InChI=1S/C26H22Cl3N3O2/c27-20-5-2-1-4-17(20)18-12-16(15-8-9-24(33)30-11-10-15)13-23-19(18)14-31-26(34)32(23)25-21(28)6-3-7-22(25)29/h1-7,12-13,15H,8-11,14H2,(H,30,33)(H,31,34). The van der Waals surface area contributed by atoms with Crippen LogP contribution in [0.15, 0.2) is 54.6 Å². The van der Waals surface area contributed by atoms with Crippen LogP contribution in [0, 0.1) is 0 Å². The number of carbonyl (C=O) groups excluding carboxylic acids is 2. The smallest absolute Gasteiger partial charge is 0.326 e. The summed E-state index contributed by atoms with van der Waals surface area (Å²) in [5, 5.41) is 7.29. The number of urea groups is 1. The first-order valence-corrected chi connectivity index (χ1v) is 12.3. The van der Waals surface area contributed by atoms with Crippen LogP contribution in [-0.2, 0) is 11.3 Å². The predicted molar refractivity (Wildman–Crippen MR) is 137 cm³/mol. The molecule has 3 aromatic carbocycles. The number of nitrogens with zero attached hydrogens (tertiary/aromatic N) is 1. The van der Waals surface area contributed by atoms with Crippen LogP contribution in [0.2, 0.25) is 15.1 Å². The number of hydrogen-bond donors (Lipinski definition) is 2. The summed E-state index contributed by atoms with van der Waals surface area (Å²) in [5.41, 5.74) is 4.95. The molecule has 5 nitrogen and oxygen atoms in total. The SMILES string of the molecule is O=C1CCC(c2cc(-c3ccccc3Cl)c3c(c2)N(c2c(Cl)cccc2Cl)C(=O)NC3)CCN1. The van der Waals surface area contributed by atoms with Crippen LogP contribution in [0.1, 0.15) is 36.3 Å². The number of fused-ring (bicyclic) bond motifs is 1. The van der Waals surface area contributed by atoms with Gasteiger partial charge in [0.25, 0.3) is 0 Å². The lowest BCUT2D eigenvalue weighted by Crippen LogP contribution is -2.41. The molecular formula is C26H22Cl3N3O2. The zero-order chi connectivity index (χ0) is 23.8. The van der Waals surface area contributed by atoms with Gasteiger partial charge in [-0.3, -0.25) is 9.69 Å². The van der Waals surface area contributed by atoms with Crippen LogP contribution in [-0.4, -0.2) is 18.5 Å². The molecule has 0 aromatic heterocycles. The Hall–Kier alpha value is -2.73. The molecule has 0 spiro atoms. The fraction of sp³-hybridized carbons (Fsp3) is 0.231. The fourth-order valence-electron chi connectivity index (χ4n) is 4.75. The molecule has 8 heteroatoms. The van der Waals surface area contributed by atoms with Gasteiger partial charge >= 0.3 is 6.03 Å². The van der Waals surface area contributed by atoms with Crippen molar-refractivity contribution >= 4 is 58.1 Å². The Balaban J connectivity index is 1.75. The zero-order valence-electron chi connectivity index (χ0n) is 18.2. The van der Waals surface area contributed by atoms with E-state index in [1.165, 1.54) is 0 Å². The van der Waals surface area contributed by atoms with E-state index < -0.39 is 0 Å². The maximum absolute atomic E-state index is 13.2. The molecular weight excluding hydrogens is 493 g/mol. The van der Waals surface area contributed by atoms with E-state index in [9.17, 15) is 9.59 Å². The van der Waals surface area contributed by atoms with Crippen molar-refractivity contribution < 1.29 is 9.59 Å². The number of halogens is 3. The molecule has 5 rings (SSSR count). The Morgan fingerprint density at radius 3 is 2.32 bits per heavy atom. The molecule has 0 bridgehead atoms. The van der Waals surface area contributed by atoms with Crippen LogP contribution in [0.5, 0.6) is 0 Å². The van der Waals surface area contributed by atoms with Crippen LogP contribution in [0.3, 0.4) is 0 Å². The van der Waals surface area contributed by atoms with Gasteiger partial charge in [-0.1, -0.05) is 65.1 Å². The van der Waals surface area contributed by atoms with Crippen molar-refractivity contribution in [3.8, 4) is 11.1 Å². The van der Waals surface area contributed by atoms with Gasteiger partial charge in [0.15, 0.2) is 0 Å². The third-order valence-corrected chi connectivity index (χ3v) is 7.38. The minimum atomic E-state index is -0.303. The van der Waals surface area contributed by atoms with Gasteiger partial charge in [-0.25, -0.2) is 4.79 Å². The third kappa shape index (κ3) is 4.24. The monoisotopic (exact) mass is 513 g/mol. The summed E-state index contributed by atoms with van der Waals surface area (Å²) >= 11 is 19.7.